The number of hydrogen-bond acceptors (Lipinski definition) is 6. The van der Waals surface area contributed by atoms with Gasteiger partial charge in [0, 0.05) is 39.3 Å². The summed E-state index contributed by atoms with van der Waals surface area (Å²) >= 11 is 11.8. The van der Waals surface area contributed by atoms with Gasteiger partial charge in [-0.3, -0.25) is 4.90 Å². The summed E-state index contributed by atoms with van der Waals surface area (Å²) in [5.41, 5.74) is 0. The number of likely N-dealkylation sites (N-methyl/N-ethyl adjacent to an activating group) is 1. The van der Waals surface area contributed by atoms with E-state index in [0.717, 1.165) is 39.3 Å². The van der Waals surface area contributed by atoms with Crippen LogP contribution in [0.3, 0.4) is 0 Å². The predicted octanol–water partition coefficient (Wildman–Crippen LogP) is 0.862. The van der Waals surface area contributed by atoms with E-state index in [-0.39, 0.29) is 5.28 Å². The number of rotatable bonds is 4. The highest BCUT2D eigenvalue weighted by molar-refractivity contribution is 6.32. The Morgan fingerprint density at radius 1 is 1.11 bits per heavy atom. The fourth-order valence-corrected chi connectivity index (χ4v) is 2.33. The Balaban J connectivity index is 1.90. The molecule has 8 heteroatoms. The van der Waals surface area contributed by atoms with Crippen LogP contribution < -0.4 is 4.90 Å². The van der Waals surface area contributed by atoms with Gasteiger partial charge in [0.1, 0.15) is 0 Å². The monoisotopic (exact) mass is 304 g/mol. The lowest BCUT2D eigenvalue weighted by Gasteiger charge is -2.35. The Labute approximate surface area is 123 Å². The smallest absolute Gasteiger partial charge is 0.245 e. The van der Waals surface area contributed by atoms with Gasteiger partial charge in [0.2, 0.25) is 5.28 Å². The Morgan fingerprint density at radius 2 is 1.79 bits per heavy atom. The first-order chi connectivity index (χ1) is 9.06. The minimum atomic E-state index is 0.134. The van der Waals surface area contributed by atoms with Gasteiger partial charge < -0.3 is 9.80 Å². The van der Waals surface area contributed by atoms with Gasteiger partial charge >= 0.3 is 0 Å². The summed E-state index contributed by atoms with van der Waals surface area (Å²) in [6, 6.07) is 0. The van der Waals surface area contributed by atoms with Crippen molar-refractivity contribution in [3.63, 3.8) is 0 Å². The van der Waals surface area contributed by atoms with Crippen molar-refractivity contribution in [2.45, 2.75) is 0 Å². The molecule has 0 atom stereocenters. The van der Waals surface area contributed by atoms with Crippen molar-refractivity contribution < 1.29 is 0 Å². The van der Waals surface area contributed by atoms with Gasteiger partial charge in [0.15, 0.2) is 11.0 Å². The predicted molar refractivity (Wildman–Crippen MR) is 77.1 cm³/mol. The molecule has 0 amide bonds. The molecule has 0 saturated carbocycles. The normalized spacial score (nSPS) is 17.2. The quantitative estimate of drug-likeness (QED) is 0.822. The van der Waals surface area contributed by atoms with E-state index in [9.17, 15) is 0 Å². The number of nitrogens with zero attached hydrogens (tertiary/aromatic N) is 6. The zero-order valence-electron chi connectivity index (χ0n) is 11.2. The Kier molecular flexibility index (Phi) is 5.15. The van der Waals surface area contributed by atoms with Crippen molar-refractivity contribution >= 4 is 29.0 Å². The van der Waals surface area contributed by atoms with Gasteiger partial charge in [-0.1, -0.05) is 11.6 Å². The van der Waals surface area contributed by atoms with Crippen LogP contribution >= 0.6 is 23.2 Å². The molecule has 1 aromatic heterocycles. The van der Waals surface area contributed by atoms with Crippen molar-refractivity contribution in [1.29, 1.82) is 0 Å². The van der Waals surface area contributed by atoms with Crippen LogP contribution in [0.15, 0.2) is 0 Å². The molecule has 0 bridgehead atoms. The molecule has 1 saturated heterocycles. The third-order valence-electron chi connectivity index (χ3n) is 3.14. The van der Waals surface area contributed by atoms with Crippen molar-refractivity contribution in [1.82, 2.24) is 25.0 Å². The van der Waals surface area contributed by atoms with Crippen LogP contribution in [-0.4, -0.2) is 78.3 Å². The zero-order chi connectivity index (χ0) is 13.8. The summed E-state index contributed by atoms with van der Waals surface area (Å²) in [5, 5.41) is 7.86. The molecule has 0 aliphatic carbocycles. The van der Waals surface area contributed by atoms with Crippen LogP contribution in [0, 0.1) is 0 Å². The molecule has 1 aliphatic rings. The van der Waals surface area contributed by atoms with E-state index in [2.05, 4.69) is 44.0 Å². The summed E-state index contributed by atoms with van der Waals surface area (Å²) in [6.07, 6.45) is 0. The second-order valence-corrected chi connectivity index (χ2v) is 5.52. The van der Waals surface area contributed by atoms with Gasteiger partial charge in [-0.2, -0.15) is 4.98 Å². The van der Waals surface area contributed by atoms with Crippen molar-refractivity contribution in [3.8, 4) is 0 Å². The van der Waals surface area contributed by atoms with Gasteiger partial charge in [-0.15, -0.1) is 10.2 Å². The molecule has 1 aromatic rings. The zero-order valence-corrected chi connectivity index (χ0v) is 12.7. The van der Waals surface area contributed by atoms with E-state index < -0.39 is 0 Å². The van der Waals surface area contributed by atoms with E-state index >= 15 is 0 Å². The number of piperazine rings is 1. The van der Waals surface area contributed by atoms with Crippen LogP contribution in [0.2, 0.25) is 10.4 Å². The highest BCUT2D eigenvalue weighted by atomic mass is 35.5. The van der Waals surface area contributed by atoms with E-state index in [0.29, 0.717) is 11.0 Å². The number of aromatic nitrogens is 3. The molecule has 0 aromatic carbocycles. The number of hydrogen-bond donors (Lipinski definition) is 0. The molecular weight excluding hydrogens is 287 g/mol. The Bertz CT molecular complexity index is 420. The van der Waals surface area contributed by atoms with Crippen LogP contribution in [0.1, 0.15) is 0 Å². The second kappa shape index (κ2) is 6.65. The maximum absolute atomic E-state index is 6.01. The third-order valence-corrected chi connectivity index (χ3v) is 3.54. The number of halogens is 2. The summed E-state index contributed by atoms with van der Waals surface area (Å²) < 4.78 is 0. The summed E-state index contributed by atoms with van der Waals surface area (Å²) in [7, 11) is 4.18. The molecule has 1 aliphatic heterocycles. The fourth-order valence-electron chi connectivity index (χ4n) is 2.01. The molecular formula is C11H18Cl2N6. The summed E-state index contributed by atoms with van der Waals surface area (Å²) in [5.74, 6) is 0.633. The molecule has 106 valence electrons. The molecule has 0 N–H and O–H groups in total. The molecule has 2 rings (SSSR count). The van der Waals surface area contributed by atoms with E-state index in [1.165, 1.54) is 0 Å². The van der Waals surface area contributed by atoms with Crippen LogP contribution in [0.4, 0.5) is 5.82 Å². The molecule has 1 fully saturated rings. The van der Waals surface area contributed by atoms with E-state index in [1.807, 2.05) is 0 Å². The summed E-state index contributed by atoms with van der Waals surface area (Å²) in [4.78, 5) is 10.9. The standard InChI is InChI=1S/C11H18Cl2N6/c1-17(2)3-4-18-5-7-19(8-6-18)10-9(12)15-16-11(13)14-10/h3-8H2,1-2H3. The fraction of sp³-hybridized carbons (Fsp3) is 0.727. The van der Waals surface area contributed by atoms with Crippen LogP contribution in [0.5, 0.6) is 0 Å². The molecule has 19 heavy (non-hydrogen) atoms. The molecule has 0 spiro atoms. The highest BCUT2D eigenvalue weighted by Crippen LogP contribution is 2.22. The third kappa shape index (κ3) is 4.14. The van der Waals surface area contributed by atoms with Crippen LogP contribution in [0.25, 0.3) is 0 Å². The molecule has 2 heterocycles. The van der Waals surface area contributed by atoms with Gasteiger partial charge in [0.05, 0.1) is 0 Å². The molecule has 6 nitrogen and oxygen atoms in total. The lowest BCUT2D eigenvalue weighted by molar-refractivity contribution is 0.229. The Morgan fingerprint density at radius 3 is 2.42 bits per heavy atom. The average Bonchev–Trinajstić information content (AvgIpc) is 2.40. The minimum absolute atomic E-state index is 0.134. The molecule has 0 radical (unpaired) electrons. The van der Waals surface area contributed by atoms with E-state index in [4.69, 9.17) is 23.2 Å². The maximum atomic E-state index is 6.01. The van der Waals surface area contributed by atoms with Crippen molar-refractivity contribution in [3.05, 3.63) is 10.4 Å². The number of anilines is 1. The van der Waals surface area contributed by atoms with Crippen molar-refractivity contribution in [2.75, 3.05) is 58.3 Å². The second-order valence-electron chi connectivity index (χ2n) is 4.83. The minimum Gasteiger partial charge on any atom is -0.351 e. The topological polar surface area (TPSA) is 48.4 Å². The largest absolute Gasteiger partial charge is 0.351 e. The first-order valence-electron chi connectivity index (χ1n) is 6.24. The molecule has 0 unspecified atom stereocenters. The average molecular weight is 305 g/mol. The Hall–Kier alpha value is -0.690. The van der Waals surface area contributed by atoms with Gasteiger partial charge in [0.25, 0.3) is 0 Å². The van der Waals surface area contributed by atoms with Gasteiger partial charge in [-0.05, 0) is 25.7 Å². The first-order valence-corrected chi connectivity index (χ1v) is 6.99. The highest BCUT2D eigenvalue weighted by Gasteiger charge is 2.21. The lowest BCUT2D eigenvalue weighted by Crippen LogP contribution is -2.48. The van der Waals surface area contributed by atoms with Crippen LogP contribution in [-0.2, 0) is 0 Å². The maximum Gasteiger partial charge on any atom is 0.245 e. The van der Waals surface area contributed by atoms with Crippen molar-refractivity contribution in [2.24, 2.45) is 0 Å². The SMILES string of the molecule is CN(C)CCN1CCN(c2nc(Cl)nnc2Cl)CC1. The van der Waals surface area contributed by atoms with E-state index in [1.54, 1.807) is 0 Å². The first kappa shape index (κ1) is 14.7. The van der Waals surface area contributed by atoms with Gasteiger partial charge in [-0.25, -0.2) is 0 Å². The summed E-state index contributed by atoms with van der Waals surface area (Å²) in [6.45, 7) is 5.89. The lowest BCUT2D eigenvalue weighted by atomic mass is 10.3.